The second-order valence-corrected chi connectivity index (χ2v) is 6.91. The molecule has 24 heavy (non-hydrogen) atoms. The largest absolute Gasteiger partial charge is 0.368 e. The Balaban J connectivity index is 1.57. The summed E-state index contributed by atoms with van der Waals surface area (Å²) in [5, 5.41) is 0. The zero-order valence-electron chi connectivity index (χ0n) is 14.7. The first-order chi connectivity index (χ1) is 11.6. The predicted octanol–water partition coefficient (Wildman–Crippen LogP) is 2.02. The average Bonchev–Trinajstić information content (AvgIpc) is 2.62. The summed E-state index contributed by atoms with van der Waals surface area (Å²) in [4.78, 5) is 30.6. The molecule has 0 saturated carbocycles. The van der Waals surface area contributed by atoms with Gasteiger partial charge in [-0.2, -0.15) is 0 Å². The van der Waals surface area contributed by atoms with Crippen LogP contribution in [0.25, 0.3) is 0 Å². The molecule has 1 amide bonds. The molecular weight excluding hydrogens is 302 g/mol. The molecule has 0 aliphatic carbocycles. The van der Waals surface area contributed by atoms with Gasteiger partial charge in [-0.25, -0.2) is 0 Å². The van der Waals surface area contributed by atoms with E-state index in [-0.39, 0.29) is 11.8 Å². The van der Waals surface area contributed by atoms with Crippen molar-refractivity contribution in [1.82, 2.24) is 9.80 Å². The van der Waals surface area contributed by atoms with Crippen molar-refractivity contribution in [3.05, 3.63) is 29.8 Å². The molecule has 2 aliphatic rings. The summed E-state index contributed by atoms with van der Waals surface area (Å²) in [6.07, 6.45) is 3.34. The molecule has 0 spiro atoms. The number of likely N-dealkylation sites (N-methyl/N-ethyl adjacent to an activating group) is 1. The molecule has 2 fully saturated rings. The molecule has 2 aliphatic heterocycles. The number of piperazine rings is 1. The Bertz CT molecular complexity index is 591. The molecule has 0 unspecified atom stereocenters. The zero-order chi connectivity index (χ0) is 17.1. The van der Waals surface area contributed by atoms with E-state index >= 15 is 0 Å². The number of ketones is 1. The van der Waals surface area contributed by atoms with Crippen LogP contribution in [0.2, 0.25) is 0 Å². The fraction of sp³-hybridized carbons (Fsp3) is 0.579. The molecule has 0 aromatic heterocycles. The van der Waals surface area contributed by atoms with Gasteiger partial charge in [0.1, 0.15) is 0 Å². The van der Waals surface area contributed by atoms with E-state index in [0.717, 1.165) is 56.8 Å². The van der Waals surface area contributed by atoms with Crippen LogP contribution in [-0.2, 0) is 4.79 Å². The molecule has 3 rings (SSSR count). The quantitative estimate of drug-likeness (QED) is 0.796. The molecule has 0 N–H and O–H groups in total. The van der Waals surface area contributed by atoms with Gasteiger partial charge in [-0.15, -0.1) is 0 Å². The van der Waals surface area contributed by atoms with Gasteiger partial charge in [0.05, 0.1) is 6.04 Å². The number of anilines is 1. The molecule has 0 bridgehead atoms. The van der Waals surface area contributed by atoms with Gasteiger partial charge in [0.25, 0.3) is 0 Å². The highest BCUT2D eigenvalue weighted by Gasteiger charge is 2.31. The monoisotopic (exact) mass is 329 g/mol. The Morgan fingerprint density at radius 2 is 1.62 bits per heavy atom. The molecular formula is C19H27N3O2. The summed E-state index contributed by atoms with van der Waals surface area (Å²) < 4.78 is 0. The predicted molar refractivity (Wildman–Crippen MR) is 95.5 cm³/mol. The van der Waals surface area contributed by atoms with Crippen molar-refractivity contribution in [1.29, 1.82) is 0 Å². The van der Waals surface area contributed by atoms with E-state index in [1.807, 2.05) is 29.2 Å². The highest BCUT2D eigenvalue weighted by Crippen LogP contribution is 2.21. The lowest BCUT2D eigenvalue weighted by Gasteiger charge is -2.40. The fourth-order valence-corrected chi connectivity index (χ4v) is 3.69. The number of hydrogen-bond acceptors (Lipinski definition) is 4. The van der Waals surface area contributed by atoms with E-state index in [9.17, 15) is 9.59 Å². The molecule has 1 aromatic carbocycles. The van der Waals surface area contributed by atoms with Crippen LogP contribution in [0.3, 0.4) is 0 Å². The van der Waals surface area contributed by atoms with Gasteiger partial charge in [0.2, 0.25) is 5.91 Å². The summed E-state index contributed by atoms with van der Waals surface area (Å²) in [7, 11) is 2.06. The maximum atomic E-state index is 12.8. The highest BCUT2D eigenvalue weighted by molar-refractivity contribution is 5.94. The van der Waals surface area contributed by atoms with E-state index < -0.39 is 0 Å². The summed E-state index contributed by atoms with van der Waals surface area (Å²) in [6, 6.07) is 7.84. The SMILES string of the molecule is CC(=O)c1ccc(N2CCN(C(=O)[C@@H]3CCCCN3C)CC2)cc1. The number of carbonyl (C=O) groups is 2. The van der Waals surface area contributed by atoms with E-state index in [1.54, 1.807) is 6.92 Å². The van der Waals surface area contributed by atoms with Crippen LogP contribution in [-0.4, -0.2) is 67.3 Å². The smallest absolute Gasteiger partial charge is 0.240 e. The van der Waals surface area contributed by atoms with Crippen LogP contribution >= 0.6 is 0 Å². The third-order valence-corrected chi connectivity index (χ3v) is 5.29. The second kappa shape index (κ2) is 7.34. The Morgan fingerprint density at radius 3 is 2.21 bits per heavy atom. The maximum absolute atomic E-state index is 12.8. The van der Waals surface area contributed by atoms with E-state index in [2.05, 4.69) is 16.8 Å². The minimum atomic E-state index is 0.0696. The van der Waals surface area contributed by atoms with E-state index in [0.29, 0.717) is 5.91 Å². The summed E-state index contributed by atoms with van der Waals surface area (Å²) >= 11 is 0. The minimum Gasteiger partial charge on any atom is -0.368 e. The number of nitrogens with zero attached hydrogens (tertiary/aromatic N) is 3. The molecule has 5 nitrogen and oxygen atoms in total. The van der Waals surface area contributed by atoms with Crippen LogP contribution in [0.5, 0.6) is 0 Å². The third kappa shape index (κ3) is 3.61. The highest BCUT2D eigenvalue weighted by atomic mass is 16.2. The first kappa shape index (κ1) is 17.0. The van der Waals surface area contributed by atoms with Crippen LogP contribution in [0, 0.1) is 0 Å². The number of likely N-dealkylation sites (tertiary alicyclic amines) is 1. The van der Waals surface area contributed by atoms with Crippen LogP contribution in [0.4, 0.5) is 5.69 Å². The van der Waals surface area contributed by atoms with Gasteiger partial charge in [-0.05, 0) is 57.6 Å². The fourth-order valence-electron chi connectivity index (χ4n) is 3.69. The van der Waals surface area contributed by atoms with Crippen molar-refractivity contribution in [2.24, 2.45) is 0 Å². The van der Waals surface area contributed by atoms with E-state index in [1.165, 1.54) is 6.42 Å². The number of amides is 1. The molecule has 1 aromatic rings. The lowest BCUT2D eigenvalue weighted by atomic mass is 10.0. The lowest BCUT2D eigenvalue weighted by Crippen LogP contribution is -2.55. The molecule has 1 atom stereocenters. The first-order valence-electron chi connectivity index (χ1n) is 8.91. The van der Waals surface area contributed by atoms with E-state index in [4.69, 9.17) is 0 Å². The Labute approximate surface area is 144 Å². The molecule has 2 heterocycles. The van der Waals surface area contributed by atoms with Gasteiger partial charge in [0, 0.05) is 37.4 Å². The van der Waals surface area contributed by atoms with Gasteiger partial charge < -0.3 is 9.80 Å². The summed E-state index contributed by atoms with van der Waals surface area (Å²) in [5.74, 6) is 0.386. The number of rotatable bonds is 3. The number of carbonyl (C=O) groups excluding carboxylic acids is 2. The van der Waals surface area contributed by atoms with Crippen LogP contribution < -0.4 is 4.90 Å². The third-order valence-electron chi connectivity index (χ3n) is 5.29. The van der Waals surface area contributed by atoms with Crippen LogP contribution in [0.1, 0.15) is 36.5 Å². The maximum Gasteiger partial charge on any atom is 0.240 e. The Hall–Kier alpha value is -1.88. The van der Waals surface area contributed by atoms with Crippen molar-refractivity contribution in [2.45, 2.75) is 32.2 Å². The Morgan fingerprint density at radius 1 is 0.958 bits per heavy atom. The van der Waals surface area contributed by atoms with Gasteiger partial charge >= 0.3 is 0 Å². The summed E-state index contributed by atoms with van der Waals surface area (Å²) in [6.45, 7) is 5.86. The normalized spacial score (nSPS) is 22.5. The molecule has 0 radical (unpaired) electrons. The number of benzene rings is 1. The van der Waals surface area contributed by atoms with Gasteiger partial charge in [-0.1, -0.05) is 6.42 Å². The second-order valence-electron chi connectivity index (χ2n) is 6.91. The minimum absolute atomic E-state index is 0.0696. The van der Waals surface area contributed by atoms with Crippen LogP contribution in [0.15, 0.2) is 24.3 Å². The Kier molecular flexibility index (Phi) is 5.19. The van der Waals surface area contributed by atoms with Crippen molar-refractivity contribution >= 4 is 17.4 Å². The first-order valence-corrected chi connectivity index (χ1v) is 8.91. The molecule has 5 heteroatoms. The number of hydrogen-bond donors (Lipinski definition) is 0. The topological polar surface area (TPSA) is 43.9 Å². The lowest BCUT2D eigenvalue weighted by molar-refractivity contribution is -0.137. The zero-order valence-corrected chi connectivity index (χ0v) is 14.7. The average molecular weight is 329 g/mol. The molecule has 2 saturated heterocycles. The van der Waals surface area contributed by atoms with Gasteiger partial charge in [-0.3, -0.25) is 14.5 Å². The van der Waals surface area contributed by atoms with Crippen molar-refractivity contribution in [3.63, 3.8) is 0 Å². The summed E-state index contributed by atoms with van der Waals surface area (Å²) in [5.41, 5.74) is 1.87. The van der Waals surface area contributed by atoms with Crippen molar-refractivity contribution in [2.75, 3.05) is 44.7 Å². The standard InChI is InChI=1S/C19H27N3O2/c1-15(23)16-6-8-17(9-7-16)21-11-13-22(14-12-21)19(24)18-5-3-4-10-20(18)2/h6-9,18H,3-5,10-14H2,1-2H3/t18-/m0/s1. The number of Topliss-reactive ketones (excluding diaryl/α,β-unsaturated/α-hetero) is 1. The van der Waals surface area contributed by atoms with Gasteiger partial charge in [0.15, 0.2) is 5.78 Å². The van der Waals surface area contributed by atoms with Crippen molar-refractivity contribution < 1.29 is 9.59 Å². The molecule has 130 valence electrons. The van der Waals surface area contributed by atoms with Crippen molar-refractivity contribution in [3.8, 4) is 0 Å². The number of piperidine rings is 1.